The molecule has 4 nitrogen and oxygen atoms in total. The van der Waals surface area contributed by atoms with Crippen LogP contribution < -0.4 is 10.6 Å². The number of rotatable bonds is 4. The fourth-order valence-corrected chi connectivity index (χ4v) is 3.22. The minimum atomic E-state index is -4.65. The molecule has 2 amide bonds. The number of para-hydroxylation sites is 1. The first-order valence-corrected chi connectivity index (χ1v) is 8.72. The summed E-state index contributed by atoms with van der Waals surface area (Å²) in [5.41, 5.74) is -1.31. The molecule has 2 N–H and O–H groups in total. The highest BCUT2D eigenvalue weighted by Crippen LogP contribution is 2.37. The van der Waals surface area contributed by atoms with Crippen LogP contribution >= 0.6 is 11.8 Å². The molecule has 0 aliphatic carbocycles. The van der Waals surface area contributed by atoms with E-state index >= 15 is 0 Å². The Balaban J connectivity index is 2.17. The number of thioether (sulfide) groups is 1. The van der Waals surface area contributed by atoms with Gasteiger partial charge in [0.2, 0.25) is 0 Å². The highest BCUT2D eigenvalue weighted by molar-refractivity contribution is 7.98. The zero-order chi connectivity index (χ0) is 18.9. The first kappa shape index (κ1) is 18.1. The summed E-state index contributed by atoms with van der Waals surface area (Å²) in [5, 5.41) is 4.89. The molecule has 0 bridgehead atoms. The average Bonchev–Trinajstić information content (AvgIpc) is 2.88. The number of benzene rings is 2. The second kappa shape index (κ2) is 6.87. The number of halogens is 3. The lowest BCUT2D eigenvalue weighted by atomic mass is 9.98. The largest absolute Gasteiger partial charge is 0.417 e. The van der Waals surface area contributed by atoms with Crippen molar-refractivity contribution in [2.45, 2.75) is 11.1 Å². The molecule has 0 aromatic heterocycles. The molecule has 0 saturated heterocycles. The minimum Gasteiger partial charge on any atom is -0.349 e. The fourth-order valence-electron chi connectivity index (χ4n) is 2.66. The van der Waals surface area contributed by atoms with E-state index in [4.69, 9.17) is 0 Å². The lowest BCUT2D eigenvalue weighted by molar-refractivity contribution is -0.137. The molecule has 0 unspecified atom stereocenters. The van der Waals surface area contributed by atoms with Crippen LogP contribution in [0.2, 0.25) is 0 Å². The van der Waals surface area contributed by atoms with Crippen molar-refractivity contribution in [1.82, 2.24) is 5.32 Å². The second-order valence-electron chi connectivity index (χ2n) is 5.40. The molecule has 134 valence electrons. The maximum absolute atomic E-state index is 13.3. The molecule has 8 heteroatoms. The van der Waals surface area contributed by atoms with Gasteiger partial charge in [-0.1, -0.05) is 30.3 Å². The standard InChI is InChI=1S/C18H13F3N2O2S/c1-26-13-9-5-4-8-12(13)22-15-14(16(24)23-17(15)25)10-6-2-3-7-11(10)18(19,20)21/h2-9H,1H3,(H2,22,23,24,25). The van der Waals surface area contributed by atoms with E-state index in [2.05, 4.69) is 10.6 Å². The van der Waals surface area contributed by atoms with Crippen molar-refractivity contribution in [3.63, 3.8) is 0 Å². The van der Waals surface area contributed by atoms with Gasteiger partial charge >= 0.3 is 6.18 Å². The summed E-state index contributed by atoms with van der Waals surface area (Å²) in [6.07, 6.45) is -2.83. The Morgan fingerprint density at radius 1 is 0.962 bits per heavy atom. The van der Waals surface area contributed by atoms with Gasteiger partial charge in [-0.15, -0.1) is 11.8 Å². The smallest absolute Gasteiger partial charge is 0.349 e. The van der Waals surface area contributed by atoms with E-state index in [9.17, 15) is 22.8 Å². The molecule has 26 heavy (non-hydrogen) atoms. The highest BCUT2D eigenvalue weighted by atomic mass is 32.2. The number of amides is 2. The Morgan fingerprint density at radius 2 is 1.62 bits per heavy atom. The van der Waals surface area contributed by atoms with Crippen molar-refractivity contribution in [3.05, 3.63) is 65.4 Å². The van der Waals surface area contributed by atoms with Crippen LogP contribution in [0.5, 0.6) is 0 Å². The van der Waals surface area contributed by atoms with Crippen LogP contribution in [-0.4, -0.2) is 18.1 Å². The topological polar surface area (TPSA) is 58.2 Å². The molecule has 1 heterocycles. The van der Waals surface area contributed by atoms with Crippen LogP contribution in [0.4, 0.5) is 18.9 Å². The van der Waals surface area contributed by atoms with Crippen LogP contribution in [-0.2, 0) is 15.8 Å². The third kappa shape index (κ3) is 3.32. The predicted molar refractivity (Wildman–Crippen MR) is 93.4 cm³/mol. The molecule has 1 aliphatic heterocycles. The molecule has 0 atom stereocenters. The van der Waals surface area contributed by atoms with Crippen molar-refractivity contribution in [1.29, 1.82) is 0 Å². The maximum atomic E-state index is 13.3. The van der Waals surface area contributed by atoms with Gasteiger partial charge in [0.25, 0.3) is 11.8 Å². The van der Waals surface area contributed by atoms with Crippen molar-refractivity contribution in [3.8, 4) is 0 Å². The molecule has 0 radical (unpaired) electrons. The number of carbonyl (C=O) groups excluding carboxylic acids is 2. The number of hydrogen-bond acceptors (Lipinski definition) is 4. The number of alkyl halides is 3. The van der Waals surface area contributed by atoms with Crippen molar-refractivity contribution in [2.24, 2.45) is 0 Å². The summed E-state index contributed by atoms with van der Waals surface area (Å²) in [7, 11) is 0. The number of nitrogens with one attached hydrogen (secondary N) is 2. The Hall–Kier alpha value is -2.74. The Kier molecular flexibility index (Phi) is 4.78. The monoisotopic (exact) mass is 378 g/mol. The average molecular weight is 378 g/mol. The van der Waals surface area contributed by atoms with Gasteiger partial charge in [-0.05, 0) is 24.5 Å². The van der Waals surface area contributed by atoms with Gasteiger partial charge in [0, 0.05) is 10.5 Å². The van der Waals surface area contributed by atoms with E-state index < -0.39 is 23.6 Å². The van der Waals surface area contributed by atoms with E-state index in [0.29, 0.717) is 5.69 Å². The summed E-state index contributed by atoms with van der Waals surface area (Å²) in [4.78, 5) is 25.2. The Labute approximate surface area is 151 Å². The van der Waals surface area contributed by atoms with E-state index in [1.54, 1.807) is 24.3 Å². The second-order valence-corrected chi connectivity index (χ2v) is 6.25. The molecule has 0 fully saturated rings. The van der Waals surface area contributed by atoms with E-state index in [0.717, 1.165) is 11.0 Å². The maximum Gasteiger partial charge on any atom is 0.417 e. The zero-order valence-electron chi connectivity index (χ0n) is 13.5. The molecule has 2 aromatic rings. The van der Waals surface area contributed by atoms with Crippen LogP contribution in [0.15, 0.2) is 59.1 Å². The first-order valence-electron chi connectivity index (χ1n) is 7.49. The third-order valence-corrected chi connectivity index (χ3v) is 4.60. The van der Waals surface area contributed by atoms with E-state index in [1.165, 1.54) is 30.0 Å². The normalized spacial score (nSPS) is 14.6. The number of anilines is 1. The van der Waals surface area contributed by atoms with Crippen molar-refractivity contribution < 1.29 is 22.8 Å². The van der Waals surface area contributed by atoms with Gasteiger partial charge in [-0.2, -0.15) is 13.2 Å². The van der Waals surface area contributed by atoms with Gasteiger partial charge in [-0.3, -0.25) is 14.9 Å². The highest BCUT2D eigenvalue weighted by Gasteiger charge is 2.39. The van der Waals surface area contributed by atoms with E-state index in [1.807, 2.05) is 6.26 Å². The molecule has 0 saturated carbocycles. The minimum absolute atomic E-state index is 0.201. The zero-order valence-corrected chi connectivity index (χ0v) is 14.3. The molecule has 1 aliphatic rings. The van der Waals surface area contributed by atoms with Crippen molar-refractivity contribution >= 4 is 34.8 Å². The SMILES string of the molecule is CSc1ccccc1NC1=C(c2ccccc2C(F)(F)F)C(=O)NC1=O. The summed E-state index contributed by atoms with van der Waals surface area (Å²) in [6.45, 7) is 0. The van der Waals surface area contributed by atoms with Gasteiger partial charge in [0.15, 0.2) is 0 Å². The Bertz CT molecular complexity index is 923. The Morgan fingerprint density at radius 3 is 2.31 bits per heavy atom. The summed E-state index contributed by atoms with van der Waals surface area (Å²) < 4.78 is 40.0. The lowest BCUT2D eigenvalue weighted by Crippen LogP contribution is -2.24. The summed E-state index contributed by atoms with van der Waals surface area (Å²) in [6, 6.07) is 11.7. The first-order chi connectivity index (χ1) is 12.3. The summed E-state index contributed by atoms with van der Waals surface area (Å²) in [5.74, 6) is -1.63. The number of hydrogen-bond donors (Lipinski definition) is 2. The quantitative estimate of drug-likeness (QED) is 0.626. The molecular formula is C18H13F3N2O2S. The van der Waals surface area contributed by atoms with Crippen LogP contribution in [0, 0.1) is 0 Å². The molecule has 2 aromatic carbocycles. The van der Waals surface area contributed by atoms with Gasteiger partial charge in [0.05, 0.1) is 16.8 Å². The summed E-state index contributed by atoms with van der Waals surface area (Å²) >= 11 is 1.40. The molecular weight excluding hydrogens is 365 g/mol. The van der Waals surface area contributed by atoms with Crippen LogP contribution in [0.1, 0.15) is 11.1 Å². The third-order valence-electron chi connectivity index (χ3n) is 3.80. The number of carbonyl (C=O) groups is 2. The number of imide groups is 1. The predicted octanol–water partition coefficient (Wildman–Crippen LogP) is 3.91. The lowest BCUT2D eigenvalue weighted by Gasteiger charge is -2.14. The van der Waals surface area contributed by atoms with Gasteiger partial charge in [0.1, 0.15) is 5.70 Å². The van der Waals surface area contributed by atoms with Crippen LogP contribution in [0.3, 0.4) is 0 Å². The fraction of sp³-hybridized carbons (Fsp3) is 0.111. The van der Waals surface area contributed by atoms with Crippen molar-refractivity contribution in [2.75, 3.05) is 11.6 Å². The van der Waals surface area contributed by atoms with Gasteiger partial charge in [-0.25, -0.2) is 0 Å². The molecule has 3 rings (SSSR count). The van der Waals surface area contributed by atoms with Gasteiger partial charge < -0.3 is 5.32 Å². The van der Waals surface area contributed by atoms with E-state index in [-0.39, 0.29) is 16.8 Å². The molecule has 0 spiro atoms. The van der Waals surface area contributed by atoms with Crippen LogP contribution in [0.25, 0.3) is 5.57 Å².